The third-order valence-electron chi connectivity index (χ3n) is 6.61. The Labute approximate surface area is 203 Å². The molecule has 3 aromatic carbocycles. The van der Waals surface area contributed by atoms with Gasteiger partial charge in [0, 0.05) is 6.54 Å². The molecule has 1 aliphatic rings. The maximum Gasteiger partial charge on any atom is 0.290 e. The van der Waals surface area contributed by atoms with Gasteiger partial charge in [0.25, 0.3) is 5.91 Å². The van der Waals surface area contributed by atoms with Gasteiger partial charge < -0.3 is 18.8 Å². The van der Waals surface area contributed by atoms with Gasteiger partial charge in [0.2, 0.25) is 5.76 Å². The molecule has 0 radical (unpaired) electrons. The molecule has 0 unspecified atom stereocenters. The highest BCUT2D eigenvalue weighted by Gasteiger charge is 2.42. The molecule has 0 fully saturated rings. The van der Waals surface area contributed by atoms with Crippen molar-refractivity contribution in [1.29, 1.82) is 0 Å². The SMILES string of the molecule is COc1ccc(CCN2C(=O)c3oc4c(C)cc(C)cc4c(=O)c3[C@H]2c2cccc(OC)c2)cc1. The average molecular weight is 470 g/mol. The van der Waals surface area contributed by atoms with Crippen LogP contribution in [0.5, 0.6) is 11.5 Å². The van der Waals surface area contributed by atoms with Gasteiger partial charge in [-0.3, -0.25) is 9.59 Å². The normalized spacial score (nSPS) is 14.9. The van der Waals surface area contributed by atoms with Crippen LogP contribution in [-0.2, 0) is 6.42 Å². The van der Waals surface area contributed by atoms with Crippen molar-refractivity contribution in [2.24, 2.45) is 0 Å². The first kappa shape index (κ1) is 22.7. The number of rotatable bonds is 6. The van der Waals surface area contributed by atoms with Gasteiger partial charge in [-0.15, -0.1) is 0 Å². The number of benzene rings is 3. The highest BCUT2D eigenvalue weighted by molar-refractivity contribution is 5.99. The van der Waals surface area contributed by atoms with Crippen molar-refractivity contribution in [2.75, 3.05) is 20.8 Å². The molecule has 5 rings (SSSR count). The fourth-order valence-corrected chi connectivity index (χ4v) is 4.91. The molecule has 0 bridgehead atoms. The fraction of sp³-hybridized carbons (Fsp3) is 0.241. The first-order valence-electron chi connectivity index (χ1n) is 11.6. The lowest BCUT2D eigenvalue weighted by molar-refractivity contribution is 0.0730. The zero-order chi connectivity index (χ0) is 24.7. The minimum Gasteiger partial charge on any atom is -0.497 e. The Morgan fingerprint density at radius 1 is 0.914 bits per heavy atom. The number of methoxy groups -OCH3 is 2. The smallest absolute Gasteiger partial charge is 0.290 e. The predicted molar refractivity (Wildman–Crippen MR) is 135 cm³/mol. The van der Waals surface area contributed by atoms with Gasteiger partial charge in [-0.1, -0.05) is 30.3 Å². The van der Waals surface area contributed by atoms with Gasteiger partial charge in [0.05, 0.1) is 31.2 Å². The molecule has 1 aromatic heterocycles. The van der Waals surface area contributed by atoms with Gasteiger partial charge in [0.1, 0.15) is 17.1 Å². The highest BCUT2D eigenvalue weighted by Crippen LogP contribution is 2.39. The molecule has 0 saturated carbocycles. The number of fused-ring (bicyclic) bond motifs is 2. The minimum absolute atomic E-state index is 0.122. The molecule has 6 nitrogen and oxygen atoms in total. The van der Waals surface area contributed by atoms with Crippen LogP contribution in [0.2, 0.25) is 0 Å². The van der Waals surface area contributed by atoms with Crippen molar-refractivity contribution < 1.29 is 18.7 Å². The van der Waals surface area contributed by atoms with E-state index in [9.17, 15) is 9.59 Å². The van der Waals surface area contributed by atoms with E-state index in [1.54, 1.807) is 19.1 Å². The van der Waals surface area contributed by atoms with Crippen molar-refractivity contribution in [3.8, 4) is 11.5 Å². The lowest BCUT2D eigenvalue weighted by atomic mass is 9.97. The maximum absolute atomic E-state index is 13.8. The zero-order valence-corrected chi connectivity index (χ0v) is 20.3. The van der Waals surface area contributed by atoms with Crippen molar-refractivity contribution in [3.63, 3.8) is 0 Å². The third-order valence-corrected chi connectivity index (χ3v) is 6.61. The summed E-state index contributed by atoms with van der Waals surface area (Å²) in [6, 6.07) is 18.5. The number of aryl methyl sites for hydroxylation is 2. The highest BCUT2D eigenvalue weighted by atomic mass is 16.5. The van der Waals surface area contributed by atoms with E-state index in [1.807, 2.05) is 74.5 Å². The van der Waals surface area contributed by atoms with Crippen LogP contribution in [0.15, 0.2) is 69.9 Å². The summed E-state index contributed by atoms with van der Waals surface area (Å²) < 4.78 is 16.8. The Bertz CT molecular complexity index is 1490. The lowest BCUT2D eigenvalue weighted by Crippen LogP contribution is -2.31. The van der Waals surface area contributed by atoms with Crippen molar-refractivity contribution >= 4 is 16.9 Å². The van der Waals surface area contributed by atoms with Crippen LogP contribution < -0.4 is 14.9 Å². The van der Waals surface area contributed by atoms with E-state index in [1.165, 1.54) is 0 Å². The molecular formula is C29H27NO5. The van der Waals surface area contributed by atoms with Crippen LogP contribution in [0.3, 0.4) is 0 Å². The molecule has 1 aliphatic heterocycles. The molecular weight excluding hydrogens is 442 g/mol. The van der Waals surface area contributed by atoms with Crippen molar-refractivity contribution in [1.82, 2.24) is 4.90 Å². The van der Waals surface area contributed by atoms with E-state index in [0.29, 0.717) is 35.2 Å². The number of hydrogen-bond acceptors (Lipinski definition) is 5. The molecule has 1 amide bonds. The Morgan fingerprint density at radius 2 is 1.66 bits per heavy atom. The summed E-state index contributed by atoms with van der Waals surface area (Å²) in [7, 11) is 3.23. The Kier molecular flexibility index (Phi) is 5.81. The summed E-state index contributed by atoms with van der Waals surface area (Å²) in [5.41, 5.74) is 4.37. The maximum atomic E-state index is 13.8. The van der Waals surface area contributed by atoms with Crippen LogP contribution in [0.25, 0.3) is 11.0 Å². The van der Waals surface area contributed by atoms with E-state index in [4.69, 9.17) is 13.9 Å². The van der Waals surface area contributed by atoms with Crippen LogP contribution in [-0.4, -0.2) is 31.6 Å². The van der Waals surface area contributed by atoms with E-state index in [0.717, 1.165) is 28.0 Å². The lowest BCUT2D eigenvalue weighted by Gasteiger charge is -2.25. The van der Waals surface area contributed by atoms with E-state index in [-0.39, 0.29) is 17.1 Å². The molecule has 6 heteroatoms. The summed E-state index contributed by atoms with van der Waals surface area (Å²) in [4.78, 5) is 29.2. The summed E-state index contributed by atoms with van der Waals surface area (Å²) >= 11 is 0. The van der Waals surface area contributed by atoms with Crippen LogP contribution in [0.1, 0.15) is 44.4 Å². The molecule has 4 aromatic rings. The summed E-state index contributed by atoms with van der Waals surface area (Å²) in [5.74, 6) is 1.28. The van der Waals surface area contributed by atoms with Gasteiger partial charge in [-0.05, 0) is 72.9 Å². The Balaban J connectivity index is 1.63. The van der Waals surface area contributed by atoms with E-state index < -0.39 is 6.04 Å². The summed E-state index contributed by atoms with van der Waals surface area (Å²) in [6.45, 7) is 4.26. The quantitative estimate of drug-likeness (QED) is 0.388. The largest absolute Gasteiger partial charge is 0.497 e. The molecule has 0 saturated heterocycles. The number of carbonyl (C=O) groups excluding carboxylic acids is 1. The molecule has 35 heavy (non-hydrogen) atoms. The first-order valence-corrected chi connectivity index (χ1v) is 11.6. The number of nitrogens with zero attached hydrogens (tertiary/aromatic N) is 1. The molecule has 0 aliphatic carbocycles. The molecule has 1 atom stereocenters. The monoisotopic (exact) mass is 469 g/mol. The summed E-state index contributed by atoms with van der Waals surface area (Å²) in [6.07, 6.45) is 0.621. The molecule has 2 heterocycles. The van der Waals surface area contributed by atoms with Crippen LogP contribution in [0.4, 0.5) is 0 Å². The zero-order valence-electron chi connectivity index (χ0n) is 20.3. The first-order chi connectivity index (χ1) is 16.9. The van der Waals surface area contributed by atoms with Crippen LogP contribution >= 0.6 is 0 Å². The van der Waals surface area contributed by atoms with Gasteiger partial charge in [-0.25, -0.2) is 0 Å². The second-order valence-corrected chi connectivity index (χ2v) is 8.91. The predicted octanol–water partition coefficient (Wildman–Crippen LogP) is 5.21. The van der Waals surface area contributed by atoms with Gasteiger partial charge in [-0.2, -0.15) is 0 Å². The van der Waals surface area contributed by atoms with Gasteiger partial charge >= 0.3 is 0 Å². The number of amides is 1. The average Bonchev–Trinajstić information content (AvgIpc) is 3.15. The Morgan fingerprint density at radius 3 is 2.37 bits per heavy atom. The van der Waals surface area contributed by atoms with Crippen molar-refractivity contribution in [2.45, 2.75) is 26.3 Å². The van der Waals surface area contributed by atoms with E-state index >= 15 is 0 Å². The van der Waals surface area contributed by atoms with Crippen molar-refractivity contribution in [3.05, 3.63) is 104 Å². The summed E-state index contributed by atoms with van der Waals surface area (Å²) in [5, 5.41) is 0.499. The van der Waals surface area contributed by atoms with Crippen LogP contribution in [0, 0.1) is 13.8 Å². The second kappa shape index (κ2) is 8.95. The topological polar surface area (TPSA) is 69.0 Å². The molecule has 178 valence electrons. The number of carbonyl (C=O) groups is 1. The number of ether oxygens (including phenoxy) is 2. The minimum atomic E-state index is -0.563. The third kappa shape index (κ3) is 3.95. The molecule has 0 spiro atoms. The van der Waals surface area contributed by atoms with Gasteiger partial charge in [0.15, 0.2) is 5.43 Å². The van der Waals surface area contributed by atoms with E-state index in [2.05, 4.69) is 0 Å². The number of hydrogen-bond donors (Lipinski definition) is 0. The molecule has 0 N–H and O–H groups in total. The second-order valence-electron chi connectivity index (χ2n) is 8.91. The fourth-order valence-electron chi connectivity index (χ4n) is 4.91. The Hall–Kier alpha value is -4.06. The standard InChI is InChI=1S/C29H27NO5/c1-17-14-18(2)27-23(15-17)26(31)24-25(20-6-5-7-22(16-20)34-4)30(29(32)28(24)35-27)13-12-19-8-10-21(33-3)11-9-19/h5-11,14-16,25H,12-13H2,1-4H3/t25-/m1/s1.